The minimum atomic E-state index is -0.577. The lowest BCUT2D eigenvalue weighted by atomic mass is 9.90. The standard InChI is InChI=1S/C23H21Cl2N3OS/c1-14-21(23(26)29)27-28(19-11-8-16(24)13-18(19)25)22(14)20-12-10-17(30-20)9-7-15-5-3-2-4-6-15/h8,10-13,15H,2-6H2,1H3,(H2,26,29). The molecule has 0 radical (unpaired) electrons. The highest BCUT2D eigenvalue weighted by Crippen LogP contribution is 2.36. The molecule has 0 unspecified atom stereocenters. The Hall–Kier alpha value is -2.26. The van der Waals surface area contributed by atoms with Crippen molar-refractivity contribution in [2.75, 3.05) is 0 Å². The van der Waals surface area contributed by atoms with Gasteiger partial charge >= 0.3 is 0 Å². The van der Waals surface area contributed by atoms with Crippen molar-refractivity contribution in [2.24, 2.45) is 11.7 Å². The van der Waals surface area contributed by atoms with Crippen LogP contribution in [0.3, 0.4) is 0 Å². The van der Waals surface area contributed by atoms with Crippen molar-refractivity contribution in [2.45, 2.75) is 39.0 Å². The van der Waals surface area contributed by atoms with Crippen LogP contribution in [0.4, 0.5) is 0 Å². The number of aromatic nitrogens is 2. The predicted octanol–water partition coefficient (Wildman–Crippen LogP) is 6.25. The van der Waals surface area contributed by atoms with Crippen LogP contribution in [0, 0.1) is 24.7 Å². The average molecular weight is 458 g/mol. The summed E-state index contributed by atoms with van der Waals surface area (Å²) in [4.78, 5) is 13.9. The molecule has 4 nitrogen and oxygen atoms in total. The van der Waals surface area contributed by atoms with Crippen molar-refractivity contribution >= 4 is 40.4 Å². The van der Waals surface area contributed by atoms with Gasteiger partial charge in [-0.25, -0.2) is 4.68 Å². The summed E-state index contributed by atoms with van der Waals surface area (Å²) in [7, 11) is 0. The molecule has 0 atom stereocenters. The van der Waals surface area contributed by atoms with E-state index in [-0.39, 0.29) is 5.69 Å². The Morgan fingerprint density at radius 3 is 2.67 bits per heavy atom. The van der Waals surface area contributed by atoms with Crippen molar-refractivity contribution in [3.63, 3.8) is 0 Å². The first-order valence-electron chi connectivity index (χ1n) is 9.90. The zero-order valence-electron chi connectivity index (χ0n) is 16.5. The maximum atomic E-state index is 11.9. The van der Waals surface area contributed by atoms with E-state index in [4.69, 9.17) is 28.9 Å². The third-order valence-electron chi connectivity index (χ3n) is 5.34. The second-order valence-electron chi connectivity index (χ2n) is 7.46. The Balaban J connectivity index is 1.76. The molecular formula is C23H21Cl2N3OS. The molecule has 1 amide bonds. The van der Waals surface area contributed by atoms with Crippen molar-refractivity contribution < 1.29 is 4.79 Å². The first-order valence-corrected chi connectivity index (χ1v) is 11.5. The molecule has 0 saturated heterocycles. The molecule has 2 heterocycles. The van der Waals surface area contributed by atoms with E-state index in [0.29, 0.717) is 27.2 Å². The van der Waals surface area contributed by atoms with E-state index < -0.39 is 5.91 Å². The molecule has 1 aliphatic rings. The summed E-state index contributed by atoms with van der Waals surface area (Å²) in [6.45, 7) is 1.84. The number of nitrogens with two attached hydrogens (primary N) is 1. The van der Waals surface area contributed by atoms with Gasteiger partial charge in [0, 0.05) is 16.5 Å². The molecule has 1 aromatic carbocycles. The van der Waals surface area contributed by atoms with E-state index in [0.717, 1.165) is 15.4 Å². The lowest BCUT2D eigenvalue weighted by molar-refractivity contribution is 0.0994. The van der Waals surface area contributed by atoms with Crippen LogP contribution in [0.1, 0.15) is 53.0 Å². The van der Waals surface area contributed by atoms with Crippen molar-refractivity contribution in [3.8, 4) is 28.1 Å². The zero-order chi connectivity index (χ0) is 21.3. The van der Waals surface area contributed by atoms with Crippen LogP contribution in [-0.2, 0) is 0 Å². The Bertz CT molecular complexity index is 1160. The number of hydrogen-bond acceptors (Lipinski definition) is 3. The Morgan fingerprint density at radius 1 is 1.20 bits per heavy atom. The van der Waals surface area contributed by atoms with E-state index in [1.54, 1.807) is 34.2 Å². The minimum absolute atomic E-state index is 0.222. The molecule has 4 rings (SSSR count). The van der Waals surface area contributed by atoms with Crippen molar-refractivity contribution in [1.29, 1.82) is 0 Å². The Labute approximate surface area is 190 Å². The van der Waals surface area contributed by atoms with Crippen LogP contribution >= 0.6 is 34.5 Å². The van der Waals surface area contributed by atoms with Gasteiger partial charge < -0.3 is 5.73 Å². The molecule has 154 valence electrons. The van der Waals surface area contributed by atoms with E-state index in [1.165, 1.54) is 32.1 Å². The number of nitrogens with zero attached hydrogens (tertiary/aromatic N) is 2. The average Bonchev–Trinajstić information content (AvgIpc) is 3.31. The molecule has 30 heavy (non-hydrogen) atoms. The fourth-order valence-electron chi connectivity index (χ4n) is 3.80. The van der Waals surface area contributed by atoms with Gasteiger partial charge in [-0.1, -0.05) is 54.3 Å². The summed E-state index contributed by atoms with van der Waals surface area (Å²) >= 11 is 14.0. The fraction of sp³-hybridized carbons (Fsp3) is 0.304. The van der Waals surface area contributed by atoms with Gasteiger partial charge in [0.05, 0.1) is 26.2 Å². The van der Waals surface area contributed by atoms with E-state index in [2.05, 4.69) is 16.9 Å². The lowest BCUT2D eigenvalue weighted by Gasteiger charge is -2.15. The summed E-state index contributed by atoms with van der Waals surface area (Å²) in [5, 5.41) is 5.43. The van der Waals surface area contributed by atoms with Crippen molar-refractivity contribution in [3.05, 3.63) is 56.5 Å². The quantitative estimate of drug-likeness (QED) is 0.472. The third-order valence-corrected chi connectivity index (χ3v) is 6.88. The van der Waals surface area contributed by atoms with Gasteiger partial charge in [0.15, 0.2) is 5.69 Å². The SMILES string of the molecule is Cc1c(C(N)=O)nn(-c2ccc(Cl)cc2Cl)c1-c1ccc(C#CC2CCCCC2)s1. The second-order valence-corrected chi connectivity index (χ2v) is 9.39. The molecule has 0 bridgehead atoms. The zero-order valence-corrected chi connectivity index (χ0v) is 18.9. The molecule has 2 N–H and O–H groups in total. The Kier molecular flexibility index (Phi) is 6.19. The minimum Gasteiger partial charge on any atom is -0.364 e. The molecule has 0 aliphatic heterocycles. The smallest absolute Gasteiger partial charge is 0.269 e. The van der Waals surface area contributed by atoms with Gasteiger partial charge in [0.1, 0.15) is 0 Å². The van der Waals surface area contributed by atoms with Crippen LogP contribution in [0.15, 0.2) is 30.3 Å². The summed E-state index contributed by atoms with van der Waals surface area (Å²) < 4.78 is 1.66. The number of benzene rings is 1. The van der Waals surface area contributed by atoms with E-state index >= 15 is 0 Å². The monoisotopic (exact) mass is 457 g/mol. The summed E-state index contributed by atoms with van der Waals surface area (Å²) in [5.41, 5.74) is 7.91. The number of carbonyl (C=O) groups is 1. The van der Waals surface area contributed by atoms with Gasteiger partial charge in [-0.3, -0.25) is 4.79 Å². The fourth-order valence-corrected chi connectivity index (χ4v) is 5.24. The molecule has 3 aromatic rings. The molecule has 7 heteroatoms. The lowest BCUT2D eigenvalue weighted by Crippen LogP contribution is -2.13. The van der Waals surface area contributed by atoms with Crippen molar-refractivity contribution in [1.82, 2.24) is 9.78 Å². The normalized spacial score (nSPS) is 14.4. The van der Waals surface area contributed by atoms with Crippen LogP contribution in [-0.4, -0.2) is 15.7 Å². The summed E-state index contributed by atoms with van der Waals surface area (Å²) in [6, 6.07) is 9.19. The van der Waals surface area contributed by atoms with Gasteiger partial charge in [0.25, 0.3) is 5.91 Å². The van der Waals surface area contributed by atoms with Gasteiger partial charge in [0.2, 0.25) is 0 Å². The number of thiophene rings is 1. The largest absolute Gasteiger partial charge is 0.364 e. The molecule has 1 saturated carbocycles. The molecule has 2 aromatic heterocycles. The highest BCUT2D eigenvalue weighted by Gasteiger charge is 2.23. The first-order chi connectivity index (χ1) is 14.4. The predicted molar refractivity (Wildman–Crippen MR) is 124 cm³/mol. The number of rotatable bonds is 3. The van der Waals surface area contributed by atoms with E-state index in [1.807, 2.05) is 19.1 Å². The van der Waals surface area contributed by atoms with Gasteiger partial charge in [-0.2, -0.15) is 5.10 Å². The molecule has 1 aliphatic carbocycles. The number of carbonyl (C=O) groups excluding carboxylic acids is 1. The van der Waals surface area contributed by atoms with Crippen LogP contribution in [0.5, 0.6) is 0 Å². The third kappa shape index (κ3) is 4.27. The second kappa shape index (κ2) is 8.85. The first kappa shape index (κ1) is 21.0. The maximum Gasteiger partial charge on any atom is 0.269 e. The highest BCUT2D eigenvalue weighted by atomic mass is 35.5. The number of primary amides is 1. The summed E-state index contributed by atoms with van der Waals surface area (Å²) in [5.74, 6) is 6.68. The molecule has 0 spiro atoms. The number of halogens is 2. The number of amides is 1. The van der Waals surface area contributed by atoms with Gasteiger partial charge in [-0.15, -0.1) is 11.3 Å². The maximum absolute atomic E-state index is 11.9. The van der Waals surface area contributed by atoms with Gasteiger partial charge in [-0.05, 0) is 50.1 Å². The highest BCUT2D eigenvalue weighted by molar-refractivity contribution is 7.16. The molecular weight excluding hydrogens is 437 g/mol. The molecule has 1 fully saturated rings. The van der Waals surface area contributed by atoms with Crippen LogP contribution in [0.25, 0.3) is 16.3 Å². The Morgan fingerprint density at radius 2 is 1.97 bits per heavy atom. The van der Waals surface area contributed by atoms with Crippen LogP contribution < -0.4 is 5.73 Å². The summed E-state index contributed by atoms with van der Waals surface area (Å²) in [6.07, 6.45) is 6.23. The van der Waals surface area contributed by atoms with E-state index in [9.17, 15) is 4.79 Å². The topological polar surface area (TPSA) is 60.9 Å². The van der Waals surface area contributed by atoms with Crippen LogP contribution in [0.2, 0.25) is 10.0 Å². The number of hydrogen-bond donors (Lipinski definition) is 1.